The van der Waals surface area contributed by atoms with Gasteiger partial charge in [0.2, 0.25) is 0 Å². The molecule has 0 aliphatic rings. The predicted molar refractivity (Wildman–Crippen MR) is 69.2 cm³/mol. The lowest BCUT2D eigenvalue weighted by atomic mass is 10.3. The summed E-state index contributed by atoms with van der Waals surface area (Å²) in [6.45, 7) is 11.6. The van der Waals surface area contributed by atoms with Gasteiger partial charge in [0.1, 0.15) is 0 Å². The third-order valence-corrected chi connectivity index (χ3v) is 3.36. The van der Waals surface area contributed by atoms with E-state index in [1.54, 1.807) is 0 Å². The van der Waals surface area contributed by atoms with Crippen molar-refractivity contribution >= 4 is 9.76 Å². The van der Waals surface area contributed by atoms with Gasteiger partial charge in [-0.05, 0) is 17.9 Å². The number of hydrogen-bond acceptors (Lipinski definition) is 2. The average molecular weight is 232 g/mol. The second-order valence-electron chi connectivity index (χ2n) is 5.29. The molecular weight excluding hydrogens is 204 g/mol. The lowest BCUT2D eigenvalue weighted by Gasteiger charge is -2.16. The van der Waals surface area contributed by atoms with Gasteiger partial charge in [0, 0.05) is 19.8 Å². The maximum atomic E-state index is 5.68. The van der Waals surface area contributed by atoms with E-state index < -0.39 is 0 Å². The van der Waals surface area contributed by atoms with Crippen LogP contribution in [0.15, 0.2) is 0 Å². The van der Waals surface area contributed by atoms with Gasteiger partial charge in [-0.3, -0.25) is 0 Å². The van der Waals surface area contributed by atoms with Gasteiger partial charge in [0.05, 0.1) is 0 Å². The van der Waals surface area contributed by atoms with Crippen molar-refractivity contribution in [3.05, 3.63) is 0 Å². The Morgan fingerprint density at radius 1 is 0.933 bits per heavy atom. The Hall–Kier alpha value is 0.137. The van der Waals surface area contributed by atoms with Crippen molar-refractivity contribution in [2.24, 2.45) is 0 Å². The van der Waals surface area contributed by atoms with Gasteiger partial charge in [-0.25, -0.2) is 0 Å². The van der Waals surface area contributed by atoms with Crippen molar-refractivity contribution in [1.82, 2.24) is 0 Å². The van der Waals surface area contributed by atoms with Gasteiger partial charge in [-0.1, -0.05) is 40.5 Å². The SMILES string of the molecule is CCCCCOCCCO[SiH2]C(C)(C)C. The van der Waals surface area contributed by atoms with Gasteiger partial charge >= 0.3 is 0 Å². The lowest BCUT2D eigenvalue weighted by Crippen LogP contribution is -2.14. The zero-order chi connectivity index (χ0) is 11.6. The molecule has 3 heteroatoms. The quantitative estimate of drug-likeness (QED) is 0.449. The molecule has 0 fully saturated rings. The zero-order valence-electron chi connectivity index (χ0n) is 11.0. The maximum absolute atomic E-state index is 5.68. The maximum Gasteiger partial charge on any atom is 0.166 e. The first-order valence-electron chi connectivity index (χ1n) is 6.22. The molecule has 0 heterocycles. The number of ether oxygens (including phenoxy) is 1. The molecule has 0 bridgehead atoms. The molecule has 2 nitrogen and oxygen atoms in total. The first kappa shape index (κ1) is 15.1. The molecule has 15 heavy (non-hydrogen) atoms. The third kappa shape index (κ3) is 14.1. The highest BCUT2D eigenvalue weighted by molar-refractivity contribution is 6.31. The standard InChI is InChI=1S/C12H28O2Si/c1-5-6-7-9-13-10-8-11-14-15-12(2,3)4/h5-11,15H2,1-4H3. The van der Waals surface area contributed by atoms with Gasteiger partial charge in [0.25, 0.3) is 0 Å². The summed E-state index contributed by atoms with van der Waals surface area (Å²) in [5.41, 5.74) is 0. The summed E-state index contributed by atoms with van der Waals surface area (Å²) in [5, 5.41) is 0.419. The van der Waals surface area contributed by atoms with Crippen molar-refractivity contribution in [3.8, 4) is 0 Å². The molecule has 0 saturated carbocycles. The van der Waals surface area contributed by atoms with Crippen molar-refractivity contribution in [3.63, 3.8) is 0 Å². The van der Waals surface area contributed by atoms with Crippen LogP contribution < -0.4 is 0 Å². The Morgan fingerprint density at radius 3 is 2.20 bits per heavy atom. The summed E-state index contributed by atoms with van der Waals surface area (Å²) < 4.78 is 11.2. The third-order valence-electron chi connectivity index (χ3n) is 2.00. The molecule has 0 radical (unpaired) electrons. The van der Waals surface area contributed by atoms with Crippen LogP contribution in [0, 0.1) is 0 Å². The minimum absolute atomic E-state index is 0.354. The van der Waals surface area contributed by atoms with Gasteiger partial charge in [-0.15, -0.1) is 0 Å². The smallest absolute Gasteiger partial charge is 0.166 e. The second-order valence-corrected chi connectivity index (χ2v) is 8.10. The van der Waals surface area contributed by atoms with E-state index in [-0.39, 0.29) is 9.76 Å². The summed E-state index contributed by atoms with van der Waals surface area (Å²) in [5.74, 6) is 0. The van der Waals surface area contributed by atoms with E-state index in [2.05, 4.69) is 27.7 Å². The van der Waals surface area contributed by atoms with Crippen molar-refractivity contribution in [1.29, 1.82) is 0 Å². The summed E-state index contributed by atoms with van der Waals surface area (Å²) in [4.78, 5) is 0. The van der Waals surface area contributed by atoms with E-state index >= 15 is 0 Å². The average Bonchev–Trinajstić information content (AvgIpc) is 2.14. The fraction of sp³-hybridized carbons (Fsp3) is 1.00. The minimum Gasteiger partial charge on any atom is -0.423 e. The molecule has 92 valence electrons. The van der Waals surface area contributed by atoms with Crippen LogP contribution in [0.3, 0.4) is 0 Å². The first-order valence-corrected chi connectivity index (χ1v) is 7.50. The molecule has 0 aromatic heterocycles. The van der Waals surface area contributed by atoms with Gasteiger partial charge in [0.15, 0.2) is 9.76 Å². The molecule has 0 spiro atoms. The van der Waals surface area contributed by atoms with E-state index in [4.69, 9.17) is 9.16 Å². The van der Waals surface area contributed by atoms with Crippen LogP contribution in [0.2, 0.25) is 5.04 Å². The lowest BCUT2D eigenvalue weighted by molar-refractivity contribution is 0.116. The summed E-state index contributed by atoms with van der Waals surface area (Å²) in [6, 6.07) is 0. The van der Waals surface area contributed by atoms with Crippen LogP contribution in [0.5, 0.6) is 0 Å². The fourth-order valence-corrected chi connectivity index (χ4v) is 2.16. The molecular formula is C12H28O2Si. The molecule has 0 aliphatic heterocycles. The van der Waals surface area contributed by atoms with Crippen LogP contribution in [0.25, 0.3) is 0 Å². The highest BCUT2D eigenvalue weighted by Gasteiger charge is 2.10. The van der Waals surface area contributed by atoms with E-state index in [0.717, 1.165) is 26.2 Å². The van der Waals surface area contributed by atoms with Crippen molar-refractivity contribution < 1.29 is 9.16 Å². The molecule has 0 atom stereocenters. The summed E-state index contributed by atoms with van der Waals surface area (Å²) >= 11 is 0. The summed E-state index contributed by atoms with van der Waals surface area (Å²) in [6.07, 6.45) is 4.81. The molecule has 0 rings (SSSR count). The Morgan fingerprint density at radius 2 is 1.60 bits per heavy atom. The van der Waals surface area contributed by atoms with Gasteiger partial charge < -0.3 is 9.16 Å². The Bertz CT molecular complexity index is 132. The van der Waals surface area contributed by atoms with Crippen LogP contribution in [-0.4, -0.2) is 29.6 Å². The molecule has 0 saturated heterocycles. The highest BCUT2D eigenvalue weighted by atomic mass is 28.2. The van der Waals surface area contributed by atoms with E-state index in [9.17, 15) is 0 Å². The number of rotatable bonds is 9. The monoisotopic (exact) mass is 232 g/mol. The topological polar surface area (TPSA) is 18.5 Å². The molecule has 0 amide bonds. The molecule has 0 aliphatic carbocycles. The molecule has 0 N–H and O–H groups in total. The summed E-state index contributed by atoms with van der Waals surface area (Å²) in [7, 11) is -0.354. The highest BCUT2D eigenvalue weighted by Crippen LogP contribution is 2.19. The molecule has 0 unspecified atom stereocenters. The van der Waals surface area contributed by atoms with E-state index in [0.29, 0.717) is 5.04 Å². The van der Waals surface area contributed by atoms with Crippen molar-refractivity contribution in [2.45, 2.75) is 58.4 Å². The van der Waals surface area contributed by atoms with Crippen LogP contribution in [0.1, 0.15) is 53.4 Å². The second kappa shape index (κ2) is 9.37. The van der Waals surface area contributed by atoms with Crippen molar-refractivity contribution in [2.75, 3.05) is 19.8 Å². The van der Waals surface area contributed by atoms with E-state index in [1.807, 2.05) is 0 Å². The van der Waals surface area contributed by atoms with Crippen LogP contribution in [-0.2, 0) is 9.16 Å². The fourth-order valence-electron chi connectivity index (χ4n) is 1.20. The van der Waals surface area contributed by atoms with Crippen LogP contribution in [0.4, 0.5) is 0 Å². The number of hydrogen-bond donors (Lipinski definition) is 0. The number of unbranched alkanes of at least 4 members (excludes halogenated alkanes) is 2. The first-order chi connectivity index (χ1) is 7.06. The van der Waals surface area contributed by atoms with Crippen LogP contribution >= 0.6 is 0 Å². The van der Waals surface area contributed by atoms with E-state index in [1.165, 1.54) is 19.3 Å². The largest absolute Gasteiger partial charge is 0.423 e. The molecule has 0 aromatic carbocycles. The minimum atomic E-state index is -0.354. The Kier molecular flexibility index (Phi) is 9.45. The molecule has 0 aromatic rings. The normalized spacial score (nSPS) is 12.8. The Labute approximate surface area is 97.7 Å². The zero-order valence-corrected chi connectivity index (χ0v) is 12.4. The van der Waals surface area contributed by atoms with Gasteiger partial charge in [-0.2, -0.15) is 0 Å². The Balaban J connectivity index is 2.99. The predicted octanol–water partition coefficient (Wildman–Crippen LogP) is 2.90.